The van der Waals surface area contributed by atoms with Crippen molar-refractivity contribution < 1.29 is 57.1 Å². The highest BCUT2D eigenvalue weighted by Gasteiger charge is 2.38. The van der Waals surface area contributed by atoms with Crippen molar-refractivity contribution in [3.8, 4) is 34.5 Å². The molecule has 1 heterocycles. The quantitative estimate of drug-likeness (QED) is 0.0933. The maximum absolute atomic E-state index is 14.4. The predicted molar refractivity (Wildman–Crippen MR) is 224 cm³/mol. The van der Waals surface area contributed by atoms with Crippen LogP contribution in [0.25, 0.3) is 0 Å². The Morgan fingerprint density at radius 2 is 1.47 bits per heavy atom. The van der Waals surface area contributed by atoms with E-state index in [0.717, 1.165) is 18.4 Å². The molecule has 3 aromatic carbocycles. The second-order valence-electron chi connectivity index (χ2n) is 15.3. The van der Waals surface area contributed by atoms with Crippen LogP contribution in [0.3, 0.4) is 0 Å². The number of esters is 1. The second-order valence-corrected chi connectivity index (χ2v) is 15.3. The molecule has 4 rings (SSSR count). The number of hydrogen-bond acceptors (Lipinski definition) is 12. The number of likely N-dealkylation sites (tertiary alicyclic amines) is 1. The molecular weight excluding hydrogens is 775 g/mol. The summed E-state index contributed by atoms with van der Waals surface area (Å²) in [7, 11) is 7.72. The van der Waals surface area contributed by atoms with Gasteiger partial charge in [-0.25, -0.2) is 9.59 Å². The normalized spacial score (nSPS) is 14.8. The molecule has 2 N–H and O–H groups in total. The number of aryl methyl sites for hydroxylation is 1. The molecule has 3 amide bonds. The number of alkyl carbamates (subject to hydrolysis) is 1. The highest BCUT2D eigenvalue weighted by Crippen LogP contribution is 2.41. The molecular formula is C45H61N3O12. The molecule has 1 aliphatic rings. The Kier molecular flexibility index (Phi) is 17.6. The van der Waals surface area contributed by atoms with Crippen molar-refractivity contribution in [2.75, 3.05) is 61.8 Å². The number of methoxy groups -OCH3 is 5. The van der Waals surface area contributed by atoms with Crippen LogP contribution in [0.2, 0.25) is 0 Å². The van der Waals surface area contributed by atoms with Gasteiger partial charge in [-0.1, -0.05) is 25.1 Å². The topological polar surface area (TPSA) is 169 Å². The van der Waals surface area contributed by atoms with Gasteiger partial charge < -0.3 is 53.4 Å². The fraction of sp³-hybridized carbons (Fsp3) is 0.511. The number of carbonyl (C=O) groups excluding carboxylic acids is 4. The SMILES string of the molecule is CCC(C(=O)N1CCCC[C@H]1C(=O)O[C@H](CCc1ccc(OC)c(OC)c1)c1cccc(OCC(=O)NCCNC(=O)OC(C)(C)C)c1)c1cc(OC)c(OC)c(OC)c1. The van der Waals surface area contributed by atoms with Crippen LogP contribution in [0.15, 0.2) is 54.6 Å². The number of nitrogens with one attached hydrogen (secondary N) is 2. The number of hydrogen-bond donors (Lipinski definition) is 2. The lowest BCUT2D eigenvalue weighted by atomic mass is 9.91. The lowest BCUT2D eigenvalue weighted by molar-refractivity contribution is -0.162. The van der Waals surface area contributed by atoms with Crippen LogP contribution in [0.5, 0.6) is 34.5 Å². The Bertz CT molecular complexity index is 1890. The molecule has 1 aliphatic heterocycles. The zero-order valence-electron chi connectivity index (χ0n) is 36.3. The van der Waals surface area contributed by atoms with Crippen molar-refractivity contribution >= 4 is 23.9 Å². The van der Waals surface area contributed by atoms with Gasteiger partial charge in [-0.15, -0.1) is 0 Å². The Labute approximate surface area is 353 Å². The minimum atomic E-state index is -0.807. The van der Waals surface area contributed by atoms with Crippen LogP contribution in [-0.4, -0.2) is 102 Å². The van der Waals surface area contributed by atoms with E-state index >= 15 is 0 Å². The number of piperidine rings is 1. The molecule has 0 bridgehead atoms. The molecule has 1 unspecified atom stereocenters. The molecule has 0 spiro atoms. The molecule has 1 saturated heterocycles. The molecule has 3 atom stereocenters. The minimum absolute atomic E-state index is 0.178. The summed E-state index contributed by atoms with van der Waals surface area (Å²) in [6.07, 6.45) is 2.00. The third-order valence-corrected chi connectivity index (χ3v) is 9.97. The van der Waals surface area contributed by atoms with Crippen LogP contribution < -0.4 is 39.1 Å². The van der Waals surface area contributed by atoms with Crippen molar-refractivity contribution in [1.82, 2.24) is 15.5 Å². The first-order chi connectivity index (χ1) is 28.7. The number of nitrogens with zero attached hydrogens (tertiary/aromatic N) is 1. The van der Waals surface area contributed by atoms with E-state index in [0.29, 0.717) is 77.9 Å². The fourth-order valence-corrected chi connectivity index (χ4v) is 7.03. The molecule has 328 valence electrons. The summed E-state index contributed by atoms with van der Waals surface area (Å²) in [5.74, 6) is 1.19. The Hall–Kier alpha value is -5.86. The van der Waals surface area contributed by atoms with Gasteiger partial charge in [0, 0.05) is 19.6 Å². The maximum atomic E-state index is 14.4. The van der Waals surface area contributed by atoms with Gasteiger partial charge >= 0.3 is 12.1 Å². The maximum Gasteiger partial charge on any atom is 0.407 e. The first-order valence-electron chi connectivity index (χ1n) is 20.2. The summed E-state index contributed by atoms with van der Waals surface area (Å²) in [6, 6.07) is 15.4. The largest absolute Gasteiger partial charge is 0.493 e. The summed E-state index contributed by atoms with van der Waals surface area (Å²) in [4.78, 5) is 54.9. The summed E-state index contributed by atoms with van der Waals surface area (Å²) in [6.45, 7) is 7.70. The molecule has 0 aliphatic carbocycles. The van der Waals surface area contributed by atoms with E-state index in [2.05, 4.69) is 10.6 Å². The van der Waals surface area contributed by atoms with Gasteiger partial charge in [-0.3, -0.25) is 9.59 Å². The van der Waals surface area contributed by atoms with Gasteiger partial charge in [0.25, 0.3) is 5.91 Å². The summed E-state index contributed by atoms with van der Waals surface area (Å²) < 4.78 is 45.0. The van der Waals surface area contributed by atoms with E-state index in [1.54, 1.807) is 70.2 Å². The number of carbonyl (C=O) groups is 4. The summed E-state index contributed by atoms with van der Waals surface area (Å²) in [5, 5.41) is 5.30. The zero-order chi connectivity index (χ0) is 43.8. The number of amides is 3. The molecule has 0 saturated carbocycles. The van der Waals surface area contributed by atoms with Crippen LogP contribution in [0.1, 0.15) is 88.5 Å². The zero-order valence-corrected chi connectivity index (χ0v) is 36.3. The Morgan fingerprint density at radius 3 is 2.10 bits per heavy atom. The lowest BCUT2D eigenvalue weighted by Gasteiger charge is -2.37. The van der Waals surface area contributed by atoms with Crippen molar-refractivity contribution in [3.63, 3.8) is 0 Å². The summed E-state index contributed by atoms with van der Waals surface area (Å²) in [5.41, 5.74) is 1.64. The number of rotatable bonds is 20. The third kappa shape index (κ3) is 13.1. The average Bonchev–Trinajstić information content (AvgIpc) is 3.24. The average molecular weight is 836 g/mol. The van der Waals surface area contributed by atoms with E-state index in [1.165, 1.54) is 21.3 Å². The van der Waals surface area contributed by atoms with Gasteiger partial charge in [0.2, 0.25) is 11.7 Å². The highest BCUT2D eigenvalue weighted by atomic mass is 16.6. The van der Waals surface area contributed by atoms with Crippen molar-refractivity contribution in [2.45, 2.75) is 89.9 Å². The highest BCUT2D eigenvalue weighted by molar-refractivity contribution is 5.89. The monoisotopic (exact) mass is 835 g/mol. The van der Waals surface area contributed by atoms with Crippen molar-refractivity contribution in [2.24, 2.45) is 0 Å². The number of benzene rings is 3. The molecule has 0 radical (unpaired) electrons. The summed E-state index contributed by atoms with van der Waals surface area (Å²) >= 11 is 0. The third-order valence-electron chi connectivity index (χ3n) is 9.97. The molecule has 3 aromatic rings. The predicted octanol–water partition coefficient (Wildman–Crippen LogP) is 6.54. The number of ether oxygens (including phenoxy) is 8. The van der Waals surface area contributed by atoms with Crippen LogP contribution in [-0.2, 0) is 30.3 Å². The first-order valence-corrected chi connectivity index (χ1v) is 20.2. The van der Waals surface area contributed by atoms with E-state index in [1.807, 2.05) is 31.2 Å². The van der Waals surface area contributed by atoms with Crippen LogP contribution in [0.4, 0.5) is 4.79 Å². The van der Waals surface area contributed by atoms with E-state index in [-0.39, 0.29) is 31.5 Å². The van der Waals surface area contributed by atoms with Gasteiger partial charge in [-0.2, -0.15) is 0 Å². The molecule has 15 nitrogen and oxygen atoms in total. The van der Waals surface area contributed by atoms with E-state index in [4.69, 9.17) is 37.9 Å². The smallest absolute Gasteiger partial charge is 0.407 e. The van der Waals surface area contributed by atoms with Gasteiger partial charge in [0.1, 0.15) is 23.5 Å². The van der Waals surface area contributed by atoms with E-state index < -0.39 is 35.7 Å². The minimum Gasteiger partial charge on any atom is -0.493 e. The lowest BCUT2D eigenvalue weighted by Crippen LogP contribution is -2.50. The molecule has 60 heavy (non-hydrogen) atoms. The molecule has 15 heteroatoms. The van der Waals surface area contributed by atoms with Gasteiger partial charge in [0.05, 0.1) is 41.5 Å². The fourth-order valence-electron chi connectivity index (χ4n) is 7.03. The Morgan fingerprint density at radius 1 is 0.783 bits per heavy atom. The first kappa shape index (κ1) is 46.8. The standard InChI is InChI=1S/C45H61N3O12/c1-10-33(31-26-38(55-7)41(57-9)39(27-31)56-8)42(50)48-23-12-11-16-34(48)43(51)59-35(19-17-29-18-20-36(53-5)37(24-29)54-6)30-14-13-15-32(25-30)58-28-40(49)46-21-22-47-44(52)60-45(2,3)4/h13-15,18,20,24-27,33-35H,10-12,16-17,19,21-23,28H2,1-9H3,(H,46,49)(H,47,52)/t33?,34-,35+/m0/s1. The van der Waals surface area contributed by atoms with Crippen LogP contribution in [0, 0.1) is 0 Å². The molecule has 0 aromatic heterocycles. The van der Waals surface area contributed by atoms with Gasteiger partial charge in [-0.05, 0) is 112 Å². The molecule has 1 fully saturated rings. The second kappa shape index (κ2) is 22.5. The van der Waals surface area contributed by atoms with Crippen molar-refractivity contribution in [3.05, 3.63) is 71.3 Å². The van der Waals surface area contributed by atoms with Gasteiger partial charge in [0.15, 0.2) is 29.6 Å². The van der Waals surface area contributed by atoms with E-state index in [9.17, 15) is 19.2 Å². The van der Waals surface area contributed by atoms with Crippen molar-refractivity contribution in [1.29, 1.82) is 0 Å². The van der Waals surface area contributed by atoms with Crippen LogP contribution >= 0.6 is 0 Å². The Balaban J connectivity index is 1.53.